The molecule has 2 rings (SSSR count). The van der Waals surface area contributed by atoms with Gasteiger partial charge in [0.2, 0.25) is 0 Å². The zero-order valence-electron chi connectivity index (χ0n) is 13.4. The van der Waals surface area contributed by atoms with Crippen LogP contribution in [0.25, 0.3) is 0 Å². The van der Waals surface area contributed by atoms with Gasteiger partial charge in [-0.25, -0.2) is 8.42 Å². The highest BCUT2D eigenvalue weighted by Crippen LogP contribution is 2.18. The van der Waals surface area contributed by atoms with Crippen LogP contribution < -0.4 is 5.32 Å². The van der Waals surface area contributed by atoms with Gasteiger partial charge in [-0.1, -0.05) is 0 Å². The Morgan fingerprint density at radius 3 is 2.56 bits per heavy atom. The summed E-state index contributed by atoms with van der Waals surface area (Å²) in [5, 5.41) is 22.2. The van der Waals surface area contributed by atoms with E-state index in [4.69, 9.17) is 0 Å². The van der Waals surface area contributed by atoms with Gasteiger partial charge < -0.3 is 10.2 Å². The van der Waals surface area contributed by atoms with Gasteiger partial charge in [-0.15, -0.1) is 0 Å². The fourth-order valence-electron chi connectivity index (χ4n) is 2.41. The molecule has 1 N–H and O–H groups in total. The standard InChI is InChI=1S/C15H16N4O5S/c1-18(14-6-7-25(23,24)10-14)9-11(8-16)15(20)17-12-2-4-13(5-3-12)19(21)22/h2-5,9,14H,6-7,10H2,1H3,(H,17,20)/b11-9-. The van der Waals surface area contributed by atoms with Crippen LogP contribution in [0, 0.1) is 21.4 Å². The maximum absolute atomic E-state index is 12.2. The normalized spacial score (nSPS) is 19.0. The van der Waals surface area contributed by atoms with Crippen LogP contribution in [0.4, 0.5) is 11.4 Å². The molecule has 1 aromatic rings. The molecule has 0 spiro atoms. The van der Waals surface area contributed by atoms with Gasteiger partial charge in [0, 0.05) is 37.1 Å². The second-order valence-electron chi connectivity index (χ2n) is 5.64. The van der Waals surface area contributed by atoms with Gasteiger partial charge in [0.1, 0.15) is 11.6 Å². The Kier molecular flexibility index (Phi) is 5.38. The molecule has 1 unspecified atom stereocenters. The molecule has 1 atom stereocenters. The van der Waals surface area contributed by atoms with Gasteiger partial charge in [-0.2, -0.15) is 5.26 Å². The van der Waals surface area contributed by atoms with E-state index < -0.39 is 20.7 Å². The fraction of sp³-hybridized carbons (Fsp3) is 0.333. The number of hydrogen-bond acceptors (Lipinski definition) is 7. The van der Waals surface area contributed by atoms with E-state index in [2.05, 4.69) is 5.32 Å². The number of nitro groups is 1. The molecule has 1 aliphatic rings. The number of amides is 1. The minimum Gasteiger partial charge on any atom is -0.375 e. The van der Waals surface area contributed by atoms with E-state index in [0.717, 1.165) is 0 Å². The molecule has 25 heavy (non-hydrogen) atoms. The predicted octanol–water partition coefficient (Wildman–Crippen LogP) is 1.06. The van der Waals surface area contributed by atoms with Gasteiger partial charge in [-0.05, 0) is 18.6 Å². The number of nitriles is 1. The molecule has 0 bridgehead atoms. The summed E-state index contributed by atoms with van der Waals surface area (Å²) in [7, 11) is -1.46. The van der Waals surface area contributed by atoms with Crippen molar-refractivity contribution in [3.8, 4) is 6.07 Å². The molecule has 1 aromatic carbocycles. The van der Waals surface area contributed by atoms with Crippen molar-refractivity contribution in [2.24, 2.45) is 0 Å². The van der Waals surface area contributed by atoms with Gasteiger partial charge in [0.15, 0.2) is 9.84 Å². The number of nitro benzene ring substituents is 1. The molecule has 132 valence electrons. The van der Waals surface area contributed by atoms with Crippen LogP contribution in [0.5, 0.6) is 0 Å². The number of nitrogens with zero attached hydrogens (tertiary/aromatic N) is 3. The Balaban J connectivity index is 2.07. The highest BCUT2D eigenvalue weighted by Gasteiger charge is 2.30. The number of non-ortho nitro benzene ring substituents is 1. The van der Waals surface area contributed by atoms with Gasteiger partial charge in [-0.3, -0.25) is 14.9 Å². The van der Waals surface area contributed by atoms with Crippen molar-refractivity contribution in [1.82, 2.24) is 4.90 Å². The third kappa shape index (κ3) is 4.77. The molecule has 0 saturated carbocycles. The quantitative estimate of drug-likeness (QED) is 0.357. The number of nitrogens with one attached hydrogen (secondary N) is 1. The molecule has 1 heterocycles. The summed E-state index contributed by atoms with van der Waals surface area (Å²) in [6.07, 6.45) is 1.75. The van der Waals surface area contributed by atoms with Crippen molar-refractivity contribution < 1.29 is 18.1 Å². The third-order valence-electron chi connectivity index (χ3n) is 3.82. The van der Waals surface area contributed by atoms with E-state index >= 15 is 0 Å². The summed E-state index contributed by atoms with van der Waals surface area (Å²) in [4.78, 5) is 23.8. The lowest BCUT2D eigenvalue weighted by molar-refractivity contribution is -0.384. The van der Waals surface area contributed by atoms with E-state index in [-0.39, 0.29) is 28.8 Å². The van der Waals surface area contributed by atoms with E-state index in [0.29, 0.717) is 12.1 Å². The molecular weight excluding hydrogens is 348 g/mol. The fourth-order valence-corrected chi connectivity index (χ4v) is 4.19. The minimum atomic E-state index is -3.07. The summed E-state index contributed by atoms with van der Waals surface area (Å²) in [6.45, 7) is 0. The number of sulfone groups is 1. The Labute approximate surface area is 144 Å². The average molecular weight is 364 g/mol. The lowest BCUT2D eigenvalue weighted by Gasteiger charge is -2.21. The summed E-state index contributed by atoms with van der Waals surface area (Å²) >= 11 is 0. The lowest BCUT2D eigenvalue weighted by atomic mass is 10.2. The van der Waals surface area contributed by atoms with E-state index in [9.17, 15) is 28.6 Å². The van der Waals surface area contributed by atoms with Crippen molar-refractivity contribution in [2.45, 2.75) is 12.5 Å². The smallest absolute Gasteiger partial charge is 0.269 e. The first-order chi connectivity index (χ1) is 11.7. The van der Waals surface area contributed by atoms with Crippen molar-refractivity contribution in [3.63, 3.8) is 0 Å². The molecule has 1 amide bonds. The van der Waals surface area contributed by atoms with Gasteiger partial charge in [0.25, 0.3) is 11.6 Å². The minimum absolute atomic E-state index is 0.0112. The zero-order valence-corrected chi connectivity index (χ0v) is 14.2. The molecule has 0 aliphatic carbocycles. The Hall–Kier alpha value is -2.93. The van der Waals surface area contributed by atoms with Crippen LogP contribution in [-0.4, -0.2) is 48.7 Å². The third-order valence-corrected chi connectivity index (χ3v) is 5.57. The summed E-state index contributed by atoms with van der Waals surface area (Å²) < 4.78 is 23.0. The molecule has 1 aliphatic heterocycles. The predicted molar refractivity (Wildman–Crippen MR) is 90.2 cm³/mol. The summed E-state index contributed by atoms with van der Waals surface area (Å²) in [6, 6.07) is 6.69. The van der Waals surface area contributed by atoms with Crippen LogP contribution in [0.15, 0.2) is 36.0 Å². The molecule has 0 aromatic heterocycles. The molecule has 10 heteroatoms. The van der Waals surface area contributed by atoms with Crippen molar-refractivity contribution in [3.05, 3.63) is 46.2 Å². The largest absolute Gasteiger partial charge is 0.375 e. The number of anilines is 1. The van der Waals surface area contributed by atoms with Crippen molar-refractivity contribution in [2.75, 3.05) is 23.9 Å². The molecule has 1 saturated heterocycles. The Bertz CT molecular complexity index is 855. The van der Waals surface area contributed by atoms with Crippen LogP contribution in [0.1, 0.15) is 6.42 Å². The first-order valence-electron chi connectivity index (χ1n) is 7.32. The average Bonchev–Trinajstić information content (AvgIpc) is 2.92. The van der Waals surface area contributed by atoms with Gasteiger partial charge in [0.05, 0.1) is 16.4 Å². The SMILES string of the molecule is CN(/C=C(/C#N)C(=O)Nc1ccc([N+](=O)[O-])cc1)C1CCS(=O)(=O)C1. The number of hydrogen-bond donors (Lipinski definition) is 1. The van der Waals surface area contributed by atoms with Crippen molar-refractivity contribution >= 4 is 27.1 Å². The number of carbonyl (C=O) groups excluding carboxylic acids is 1. The second kappa shape index (κ2) is 7.31. The van der Waals surface area contributed by atoms with Crippen LogP contribution >= 0.6 is 0 Å². The van der Waals surface area contributed by atoms with E-state index in [1.54, 1.807) is 18.0 Å². The topological polar surface area (TPSA) is 133 Å². The first-order valence-corrected chi connectivity index (χ1v) is 9.14. The highest BCUT2D eigenvalue weighted by molar-refractivity contribution is 7.91. The monoisotopic (exact) mass is 364 g/mol. The van der Waals surface area contributed by atoms with Crippen molar-refractivity contribution in [1.29, 1.82) is 5.26 Å². The Morgan fingerprint density at radius 1 is 1.44 bits per heavy atom. The van der Waals surface area contributed by atoms with Crippen LogP contribution in [-0.2, 0) is 14.6 Å². The van der Waals surface area contributed by atoms with E-state index in [1.165, 1.54) is 30.5 Å². The Morgan fingerprint density at radius 2 is 2.08 bits per heavy atom. The molecule has 9 nitrogen and oxygen atoms in total. The summed E-state index contributed by atoms with van der Waals surface area (Å²) in [5.74, 6) is -0.598. The molecule has 0 radical (unpaired) electrons. The van der Waals surface area contributed by atoms with E-state index in [1.807, 2.05) is 0 Å². The van der Waals surface area contributed by atoms with Crippen LogP contribution in [0.2, 0.25) is 0 Å². The summed E-state index contributed by atoms with van der Waals surface area (Å²) in [5.41, 5.74) is 0.00391. The number of carbonyl (C=O) groups is 1. The molecule has 1 fully saturated rings. The lowest BCUT2D eigenvalue weighted by Crippen LogP contribution is -2.29. The zero-order chi connectivity index (χ0) is 18.6. The first kappa shape index (κ1) is 18.4. The number of rotatable bonds is 5. The van der Waals surface area contributed by atoms with Crippen LogP contribution in [0.3, 0.4) is 0 Å². The maximum Gasteiger partial charge on any atom is 0.269 e. The second-order valence-corrected chi connectivity index (χ2v) is 7.86. The van der Waals surface area contributed by atoms with Gasteiger partial charge >= 0.3 is 0 Å². The highest BCUT2D eigenvalue weighted by atomic mass is 32.2. The number of benzene rings is 1. The molecular formula is C15H16N4O5S. The maximum atomic E-state index is 12.2.